The van der Waals surface area contributed by atoms with Crippen molar-refractivity contribution < 1.29 is 4.79 Å². The molecule has 1 saturated heterocycles. The molecular weight excluding hydrogens is 389 g/mol. The molecule has 0 radical (unpaired) electrons. The summed E-state index contributed by atoms with van der Waals surface area (Å²) in [5, 5.41) is 0. The number of amides is 1. The van der Waals surface area contributed by atoms with Gasteiger partial charge in [0.2, 0.25) is 5.91 Å². The smallest absolute Gasteiger partial charge is 0.230 e. The van der Waals surface area contributed by atoms with E-state index in [0.717, 1.165) is 62.7 Å². The second-order valence-corrected chi connectivity index (χ2v) is 8.27. The minimum atomic E-state index is -0.260. The average Bonchev–Trinajstić information content (AvgIpc) is 3.17. The second kappa shape index (κ2) is 9.60. The molecule has 2 N–H and O–H groups in total. The third-order valence-electron chi connectivity index (χ3n) is 5.07. The monoisotopic (exact) mass is 413 g/mol. The summed E-state index contributed by atoms with van der Waals surface area (Å²) < 4.78 is 0.843. The van der Waals surface area contributed by atoms with Crippen LogP contribution in [0.15, 0.2) is 12.1 Å². The first-order valence-corrected chi connectivity index (χ1v) is 9.28. The van der Waals surface area contributed by atoms with Crippen molar-refractivity contribution in [1.82, 2.24) is 9.80 Å². The summed E-state index contributed by atoms with van der Waals surface area (Å²) >= 11 is 7.62. The van der Waals surface area contributed by atoms with Crippen LogP contribution in [-0.2, 0) is 11.3 Å². The van der Waals surface area contributed by atoms with Gasteiger partial charge in [0.1, 0.15) is 0 Å². The highest BCUT2D eigenvalue weighted by Gasteiger charge is 2.42. The highest BCUT2D eigenvalue weighted by molar-refractivity contribution is 7.16. The number of piperazine rings is 1. The van der Waals surface area contributed by atoms with Gasteiger partial charge in [0.25, 0.3) is 0 Å². The Hall–Kier alpha value is -0.0400. The molecule has 3 rings (SSSR count). The lowest BCUT2D eigenvalue weighted by Crippen LogP contribution is -2.54. The molecule has 4 nitrogen and oxygen atoms in total. The highest BCUT2D eigenvalue weighted by atomic mass is 35.5. The molecule has 24 heavy (non-hydrogen) atoms. The third-order valence-corrected chi connectivity index (χ3v) is 6.29. The lowest BCUT2D eigenvalue weighted by atomic mass is 9.84. The number of nitrogens with two attached hydrogens (primary N) is 1. The van der Waals surface area contributed by atoms with Gasteiger partial charge in [0, 0.05) is 44.1 Å². The SMILES string of the molecule is Cl.Cl.NCC1(C(=O)N2CCN(Cc3ccc(Cl)s3)CC2)CCCC1. The van der Waals surface area contributed by atoms with E-state index in [9.17, 15) is 4.79 Å². The van der Waals surface area contributed by atoms with Gasteiger partial charge >= 0.3 is 0 Å². The Bertz CT molecular complexity index is 526. The van der Waals surface area contributed by atoms with Gasteiger partial charge in [-0.25, -0.2) is 0 Å². The second-order valence-electron chi connectivity index (χ2n) is 6.47. The molecular formula is C16H26Cl3N3OS. The molecule has 1 aliphatic heterocycles. The lowest BCUT2D eigenvalue weighted by Gasteiger charge is -2.39. The van der Waals surface area contributed by atoms with Crippen molar-refractivity contribution in [3.05, 3.63) is 21.3 Å². The number of thiophene rings is 1. The number of rotatable bonds is 4. The Labute approximate surface area is 165 Å². The molecule has 1 aromatic rings. The molecule has 1 aliphatic carbocycles. The van der Waals surface area contributed by atoms with Crippen molar-refractivity contribution in [3.63, 3.8) is 0 Å². The van der Waals surface area contributed by atoms with Gasteiger partial charge in [-0.1, -0.05) is 24.4 Å². The van der Waals surface area contributed by atoms with E-state index >= 15 is 0 Å². The van der Waals surface area contributed by atoms with Crippen molar-refractivity contribution >= 4 is 53.7 Å². The summed E-state index contributed by atoms with van der Waals surface area (Å²) in [6.45, 7) is 4.93. The summed E-state index contributed by atoms with van der Waals surface area (Å²) in [6.07, 6.45) is 4.22. The van der Waals surface area contributed by atoms with Gasteiger partial charge in [-0.3, -0.25) is 9.69 Å². The molecule has 1 saturated carbocycles. The first-order chi connectivity index (χ1) is 10.6. The van der Waals surface area contributed by atoms with E-state index in [1.54, 1.807) is 11.3 Å². The summed E-state index contributed by atoms with van der Waals surface area (Å²) in [5.74, 6) is 0.298. The van der Waals surface area contributed by atoms with Crippen molar-refractivity contribution in [2.45, 2.75) is 32.2 Å². The minimum Gasteiger partial charge on any atom is -0.340 e. The predicted octanol–water partition coefficient (Wildman–Crippen LogP) is 3.41. The predicted molar refractivity (Wildman–Crippen MR) is 106 cm³/mol. The fourth-order valence-electron chi connectivity index (χ4n) is 3.66. The topological polar surface area (TPSA) is 49.6 Å². The maximum atomic E-state index is 12.8. The zero-order chi connectivity index (χ0) is 15.6. The van der Waals surface area contributed by atoms with E-state index < -0.39 is 0 Å². The van der Waals surface area contributed by atoms with E-state index in [0.29, 0.717) is 12.5 Å². The number of carbonyl (C=O) groups is 1. The maximum absolute atomic E-state index is 12.8. The van der Waals surface area contributed by atoms with Crippen LogP contribution in [0, 0.1) is 5.41 Å². The standard InChI is InChI=1S/C16H24ClN3OS.2ClH/c17-14-4-3-13(22-14)11-19-7-9-20(10-8-19)15(21)16(12-18)5-1-2-6-16;;/h3-4H,1-2,5-12,18H2;2*1H. The van der Waals surface area contributed by atoms with Crippen LogP contribution in [0.25, 0.3) is 0 Å². The van der Waals surface area contributed by atoms with Crippen molar-refractivity contribution in [3.8, 4) is 0 Å². The average molecular weight is 415 g/mol. The van der Waals surface area contributed by atoms with Crippen molar-refractivity contribution in [2.24, 2.45) is 11.1 Å². The van der Waals surface area contributed by atoms with Crippen LogP contribution in [0.5, 0.6) is 0 Å². The van der Waals surface area contributed by atoms with Gasteiger partial charge in [-0.15, -0.1) is 36.2 Å². The van der Waals surface area contributed by atoms with Crippen molar-refractivity contribution in [2.75, 3.05) is 32.7 Å². The van der Waals surface area contributed by atoms with E-state index in [4.69, 9.17) is 17.3 Å². The molecule has 0 atom stereocenters. The minimum absolute atomic E-state index is 0. The first kappa shape index (κ1) is 22.0. The Kier molecular flexibility index (Phi) is 8.80. The maximum Gasteiger partial charge on any atom is 0.230 e. The van der Waals surface area contributed by atoms with E-state index in [1.165, 1.54) is 4.88 Å². The molecule has 0 unspecified atom stereocenters. The summed E-state index contributed by atoms with van der Waals surface area (Å²) in [4.78, 5) is 18.6. The molecule has 8 heteroatoms. The molecule has 2 fully saturated rings. The van der Waals surface area contributed by atoms with Crippen LogP contribution in [0.3, 0.4) is 0 Å². The molecule has 0 spiro atoms. The van der Waals surface area contributed by atoms with E-state index in [-0.39, 0.29) is 30.2 Å². The number of hydrogen-bond donors (Lipinski definition) is 1. The van der Waals surface area contributed by atoms with Gasteiger partial charge in [-0.05, 0) is 25.0 Å². The molecule has 0 aromatic carbocycles. The largest absolute Gasteiger partial charge is 0.340 e. The summed E-state index contributed by atoms with van der Waals surface area (Å²) in [7, 11) is 0. The highest BCUT2D eigenvalue weighted by Crippen LogP contribution is 2.39. The van der Waals surface area contributed by atoms with E-state index in [1.807, 2.05) is 11.0 Å². The first-order valence-electron chi connectivity index (χ1n) is 8.09. The zero-order valence-corrected chi connectivity index (χ0v) is 16.9. The third kappa shape index (κ3) is 4.77. The Morgan fingerprint density at radius 1 is 1.17 bits per heavy atom. The molecule has 138 valence electrons. The number of hydrogen-bond acceptors (Lipinski definition) is 4. The fraction of sp³-hybridized carbons (Fsp3) is 0.688. The van der Waals surface area contributed by atoms with Crippen LogP contribution < -0.4 is 5.73 Å². The van der Waals surface area contributed by atoms with E-state index in [2.05, 4.69) is 11.0 Å². The normalized spacial score (nSPS) is 20.3. The van der Waals surface area contributed by atoms with Gasteiger partial charge in [-0.2, -0.15) is 0 Å². The van der Waals surface area contributed by atoms with Gasteiger partial charge < -0.3 is 10.6 Å². The lowest BCUT2D eigenvalue weighted by molar-refractivity contribution is -0.143. The summed E-state index contributed by atoms with van der Waals surface area (Å²) in [6, 6.07) is 4.04. The molecule has 2 heterocycles. The Morgan fingerprint density at radius 3 is 2.29 bits per heavy atom. The number of carbonyl (C=O) groups excluding carboxylic acids is 1. The molecule has 1 aromatic heterocycles. The van der Waals surface area contributed by atoms with Crippen LogP contribution in [0.2, 0.25) is 4.34 Å². The van der Waals surface area contributed by atoms with Crippen LogP contribution in [0.4, 0.5) is 0 Å². The number of nitrogens with zero attached hydrogens (tertiary/aromatic N) is 2. The van der Waals surface area contributed by atoms with Crippen molar-refractivity contribution in [1.29, 1.82) is 0 Å². The molecule has 2 aliphatic rings. The van der Waals surface area contributed by atoms with Gasteiger partial charge in [0.05, 0.1) is 9.75 Å². The summed E-state index contributed by atoms with van der Waals surface area (Å²) in [5.41, 5.74) is 5.68. The van der Waals surface area contributed by atoms with Crippen LogP contribution in [-0.4, -0.2) is 48.4 Å². The molecule has 0 bridgehead atoms. The fourth-order valence-corrected chi connectivity index (χ4v) is 4.79. The van der Waals surface area contributed by atoms with Gasteiger partial charge in [0.15, 0.2) is 0 Å². The Balaban J connectivity index is 0.00000144. The zero-order valence-electron chi connectivity index (χ0n) is 13.7. The Morgan fingerprint density at radius 2 is 1.79 bits per heavy atom. The van der Waals surface area contributed by atoms with Crippen LogP contribution in [0.1, 0.15) is 30.6 Å². The molecule has 1 amide bonds. The quantitative estimate of drug-likeness (QED) is 0.821. The number of halogens is 3. The van der Waals surface area contributed by atoms with Crippen LogP contribution >= 0.6 is 47.8 Å².